The zero-order valence-corrected chi connectivity index (χ0v) is 17.9. The molecule has 0 radical (unpaired) electrons. The second-order valence-electron chi connectivity index (χ2n) is 6.06. The highest BCUT2D eigenvalue weighted by Crippen LogP contribution is 2.30. The summed E-state index contributed by atoms with van der Waals surface area (Å²) >= 11 is 15.5. The Morgan fingerprint density at radius 3 is 2.62 bits per heavy atom. The van der Waals surface area contributed by atoms with Crippen molar-refractivity contribution in [2.75, 3.05) is 0 Å². The van der Waals surface area contributed by atoms with Crippen LogP contribution < -0.4 is 4.80 Å². The van der Waals surface area contributed by atoms with Gasteiger partial charge in [-0.25, -0.2) is 4.99 Å². The minimum absolute atomic E-state index is 0.0327. The number of hydrogen-bond donors (Lipinski definition) is 0. The average molecular weight is 462 g/mol. The van der Waals surface area contributed by atoms with E-state index in [4.69, 9.17) is 23.2 Å². The predicted octanol–water partition coefficient (Wildman–Crippen LogP) is 6.77. The molecule has 29 heavy (non-hydrogen) atoms. The molecule has 9 heteroatoms. The van der Waals surface area contributed by atoms with Crippen LogP contribution in [0.3, 0.4) is 0 Å². The van der Waals surface area contributed by atoms with Gasteiger partial charge in [0.25, 0.3) is 5.69 Å². The van der Waals surface area contributed by atoms with Gasteiger partial charge < -0.3 is 4.57 Å². The molecule has 0 bridgehead atoms. The topological polar surface area (TPSA) is 60.4 Å². The summed E-state index contributed by atoms with van der Waals surface area (Å²) in [6.45, 7) is 0.464. The molecule has 0 amide bonds. The van der Waals surface area contributed by atoms with E-state index in [-0.39, 0.29) is 5.69 Å². The highest BCUT2D eigenvalue weighted by Gasteiger charge is 2.15. The number of nitrogens with zero attached hydrogens (tertiary/aromatic N) is 3. The van der Waals surface area contributed by atoms with E-state index in [1.165, 1.54) is 17.4 Å². The van der Waals surface area contributed by atoms with Gasteiger partial charge in [-0.3, -0.25) is 10.1 Å². The van der Waals surface area contributed by atoms with Crippen molar-refractivity contribution in [2.45, 2.75) is 6.54 Å². The summed E-state index contributed by atoms with van der Waals surface area (Å²) in [4.78, 5) is 17.3. The smallest absolute Gasteiger partial charge is 0.294 e. The first-order valence-corrected chi connectivity index (χ1v) is 11.0. The lowest BCUT2D eigenvalue weighted by Crippen LogP contribution is -2.16. The average Bonchev–Trinajstić information content (AvgIpc) is 3.34. The van der Waals surface area contributed by atoms with E-state index in [0.717, 1.165) is 16.1 Å². The second-order valence-corrected chi connectivity index (χ2v) is 8.69. The van der Waals surface area contributed by atoms with Crippen molar-refractivity contribution in [3.63, 3.8) is 0 Å². The van der Waals surface area contributed by atoms with E-state index < -0.39 is 4.92 Å². The fourth-order valence-electron chi connectivity index (χ4n) is 2.83. The Morgan fingerprint density at radius 2 is 1.90 bits per heavy atom. The molecule has 0 aliphatic heterocycles. The standard InChI is InChI=1S/C20H13Cl2N3O2S2/c21-14-8-7-13(15(22)10-14)11-24-18(19-6-3-9-28-19)12-29-20(24)23-16-4-1-2-5-17(16)25(26)27/h1-10,12H,11H2. The maximum absolute atomic E-state index is 11.4. The van der Waals surface area contributed by atoms with Crippen LogP contribution in [-0.2, 0) is 6.54 Å². The molecule has 2 heterocycles. The molecule has 0 N–H and O–H groups in total. The van der Waals surface area contributed by atoms with Crippen LogP contribution in [0.25, 0.3) is 10.6 Å². The van der Waals surface area contributed by atoms with E-state index in [1.54, 1.807) is 41.7 Å². The van der Waals surface area contributed by atoms with Crippen LogP contribution in [0, 0.1) is 10.1 Å². The van der Waals surface area contributed by atoms with Crippen molar-refractivity contribution in [3.8, 4) is 10.6 Å². The number of thiophene rings is 1. The Labute approximate surface area is 184 Å². The molecule has 0 saturated carbocycles. The molecule has 4 aromatic rings. The molecule has 2 aromatic carbocycles. The molecule has 0 atom stereocenters. The fourth-order valence-corrected chi connectivity index (χ4v) is 5.04. The third-order valence-electron chi connectivity index (χ3n) is 4.21. The molecule has 146 valence electrons. The van der Waals surface area contributed by atoms with Crippen LogP contribution in [0.15, 0.2) is 70.3 Å². The molecule has 0 saturated heterocycles. The van der Waals surface area contributed by atoms with Crippen LogP contribution >= 0.6 is 45.9 Å². The highest BCUT2D eigenvalue weighted by molar-refractivity contribution is 7.14. The van der Waals surface area contributed by atoms with Crippen molar-refractivity contribution in [3.05, 3.63) is 95.9 Å². The number of aromatic nitrogens is 1. The quantitative estimate of drug-likeness (QED) is 0.243. The molecule has 0 unspecified atom stereocenters. The van der Waals surface area contributed by atoms with E-state index >= 15 is 0 Å². The van der Waals surface area contributed by atoms with Crippen LogP contribution in [0.1, 0.15) is 5.56 Å². The summed E-state index contributed by atoms with van der Waals surface area (Å²) in [5.74, 6) is 0. The largest absolute Gasteiger partial charge is 0.311 e. The molecule has 0 aliphatic carbocycles. The summed E-state index contributed by atoms with van der Waals surface area (Å²) in [6, 6.07) is 15.8. The first-order valence-electron chi connectivity index (χ1n) is 8.47. The van der Waals surface area contributed by atoms with Crippen LogP contribution in [-0.4, -0.2) is 9.49 Å². The van der Waals surface area contributed by atoms with Gasteiger partial charge in [0.2, 0.25) is 0 Å². The lowest BCUT2D eigenvalue weighted by atomic mass is 10.2. The third-order valence-corrected chi connectivity index (χ3v) is 6.55. The number of halogens is 2. The first kappa shape index (κ1) is 19.8. The van der Waals surface area contributed by atoms with Gasteiger partial charge >= 0.3 is 0 Å². The predicted molar refractivity (Wildman–Crippen MR) is 120 cm³/mol. The Morgan fingerprint density at radius 1 is 1.07 bits per heavy atom. The van der Waals surface area contributed by atoms with Crippen LogP contribution in [0.2, 0.25) is 10.0 Å². The van der Waals surface area contributed by atoms with Crippen molar-refractivity contribution in [1.29, 1.82) is 0 Å². The van der Waals surface area contributed by atoms with Gasteiger partial charge in [-0.1, -0.05) is 47.5 Å². The number of thiazole rings is 1. The lowest BCUT2D eigenvalue weighted by molar-refractivity contribution is -0.384. The minimum Gasteiger partial charge on any atom is -0.311 e. The summed E-state index contributed by atoms with van der Waals surface area (Å²) in [5, 5.41) is 16.5. The molecule has 4 rings (SSSR count). The van der Waals surface area contributed by atoms with Gasteiger partial charge in [0.15, 0.2) is 4.80 Å². The van der Waals surface area contributed by atoms with E-state index in [0.29, 0.717) is 27.1 Å². The minimum atomic E-state index is -0.424. The Kier molecular flexibility index (Phi) is 5.82. The third kappa shape index (κ3) is 4.28. The zero-order chi connectivity index (χ0) is 20.4. The highest BCUT2D eigenvalue weighted by atomic mass is 35.5. The van der Waals surface area contributed by atoms with Crippen molar-refractivity contribution in [1.82, 2.24) is 4.57 Å². The maximum atomic E-state index is 11.4. The maximum Gasteiger partial charge on any atom is 0.294 e. The molecule has 0 spiro atoms. The summed E-state index contributed by atoms with van der Waals surface area (Å²) in [7, 11) is 0. The Balaban J connectivity index is 1.88. The van der Waals surface area contributed by atoms with Gasteiger partial charge in [0.05, 0.1) is 22.0 Å². The summed E-state index contributed by atoms with van der Waals surface area (Å²) in [6.07, 6.45) is 0. The first-order chi connectivity index (χ1) is 14.0. The van der Waals surface area contributed by atoms with Gasteiger partial charge in [-0.15, -0.1) is 22.7 Å². The van der Waals surface area contributed by atoms with Crippen LogP contribution in [0.4, 0.5) is 11.4 Å². The zero-order valence-electron chi connectivity index (χ0n) is 14.8. The van der Waals surface area contributed by atoms with E-state index in [2.05, 4.69) is 4.99 Å². The molecule has 5 nitrogen and oxygen atoms in total. The van der Waals surface area contributed by atoms with Crippen molar-refractivity contribution in [2.24, 2.45) is 4.99 Å². The van der Waals surface area contributed by atoms with Crippen molar-refractivity contribution < 1.29 is 4.92 Å². The molecule has 0 fully saturated rings. The number of hydrogen-bond acceptors (Lipinski definition) is 5. The second kappa shape index (κ2) is 8.51. The molecular formula is C20H13Cl2N3O2S2. The fraction of sp³-hybridized carbons (Fsp3) is 0.0500. The van der Waals surface area contributed by atoms with Gasteiger partial charge in [0, 0.05) is 21.5 Å². The lowest BCUT2D eigenvalue weighted by Gasteiger charge is -2.10. The Bertz CT molecular complexity index is 1250. The number of nitro benzene ring substituents is 1. The van der Waals surface area contributed by atoms with Crippen molar-refractivity contribution >= 4 is 57.3 Å². The monoisotopic (exact) mass is 461 g/mol. The normalized spacial score (nSPS) is 11.7. The van der Waals surface area contributed by atoms with Gasteiger partial charge in [0.1, 0.15) is 5.69 Å². The number of para-hydroxylation sites is 2. The van der Waals surface area contributed by atoms with Gasteiger partial charge in [-0.05, 0) is 35.2 Å². The Hall–Kier alpha value is -2.45. The summed E-state index contributed by atoms with van der Waals surface area (Å²) < 4.78 is 2.02. The molecule has 2 aromatic heterocycles. The van der Waals surface area contributed by atoms with E-state index in [1.807, 2.05) is 33.5 Å². The molecular weight excluding hydrogens is 449 g/mol. The van der Waals surface area contributed by atoms with Gasteiger partial charge in [-0.2, -0.15) is 0 Å². The van der Waals surface area contributed by atoms with Crippen LogP contribution in [0.5, 0.6) is 0 Å². The molecule has 0 aliphatic rings. The van der Waals surface area contributed by atoms with E-state index in [9.17, 15) is 10.1 Å². The summed E-state index contributed by atoms with van der Waals surface area (Å²) in [5.41, 5.74) is 2.15. The number of rotatable bonds is 5. The SMILES string of the molecule is O=[N+]([O-])c1ccccc1N=c1scc(-c2cccs2)n1Cc1ccc(Cl)cc1Cl. The number of nitro groups is 1. The number of benzene rings is 2.